The molecule has 1 unspecified atom stereocenters. The van der Waals surface area contributed by atoms with Crippen LogP contribution in [-0.4, -0.2) is 47.1 Å². The Kier molecular flexibility index (Phi) is 7.99. The van der Waals surface area contributed by atoms with Crippen LogP contribution in [0.4, 0.5) is 0 Å². The molecule has 1 N–H and O–H groups in total. The van der Waals surface area contributed by atoms with E-state index in [0.29, 0.717) is 12.6 Å². The third-order valence-electron chi connectivity index (χ3n) is 2.31. The van der Waals surface area contributed by atoms with E-state index in [1.807, 2.05) is 18.8 Å². The maximum absolute atomic E-state index is 10.4. The van der Waals surface area contributed by atoms with Crippen molar-refractivity contribution in [1.82, 2.24) is 4.90 Å². The molecular weight excluding hydrogens is 198 g/mol. The zero-order valence-corrected chi connectivity index (χ0v) is 10.1. The molecule has 0 fully saturated rings. The lowest BCUT2D eigenvalue weighted by Gasteiger charge is -2.23. The fraction of sp³-hybridized carbons (Fsp3) is 0.900. The maximum Gasteiger partial charge on any atom is 0.304 e. The fourth-order valence-corrected chi connectivity index (χ4v) is 1.91. The average Bonchev–Trinajstić information content (AvgIpc) is 2.14. The standard InChI is InChI=1S/C10H21NO2S/c1-4-14-8-6-9(2)11(3)7-5-10(12)13/h9H,4-8H2,1-3H3,(H,12,13). The Morgan fingerprint density at radius 2 is 2.21 bits per heavy atom. The first-order valence-corrected chi connectivity index (χ1v) is 6.23. The summed E-state index contributed by atoms with van der Waals surface area (Å²) in [5.41, 5.74) is 0. The zero-order chi connectivity index (χ0) is 11.0. The number of thioether (sulfide) groups is 1. The van der Waals surface area contributed by atoms with E-state index in [1.54, 1.807) is 0 Å². The fourth-order valence-electron chi connectivity index (χ4n) is 1.11. The predicted molar refractivity (Wildman–Crippen MR) is 62.0 cm³/mol. The van der Waals surface area contributed by atoms with E-state index in [9.17, 15) is 4.79 Å². The topological polar surface area (TPSA) is 40.5 Å². The molecule has 14 heavy (non-hydrogen) atoms. The molecule has 0 aliphatic carbocycles. The minimum absolute atomic E-state index is 0.238. The van der Waals surface area contributed by atoms with Crippen molar-refractivity contribution >= 4 is 17.7 Å². The third kappa shape index (κ3) is 7.21. The number of hydrogen-bond donors (Lipinski definition) is 1. The van der Waals surface area contributed by atoms with Crippen molar-refractivity contribution in [2.24, 2.45) is 0 Å². The molecule has 0 radical (unpaired) electrons. The monoisotopic (exact) mass is 219 g/mol. The molecule has 0 saturated heterocycles. The van der Waals surface area contributed by atoms with Crippen molar-refractivity contribution in [3.8, 4) is 0 Å². The van der Waals surface area contributed by atoms with Gasteiger partial charge in [-0.15, -0.1) is 0 Å². The van der Waals surface area contributed by atoms with E-state index >= 15 is 0 Å². The van der Waals surface area contributed by atoms with E-state index in [4.69, 9.17) is 5.11 Å². The highest BCUT2D eigenvalue weighted by atomic mass is 32.2. The Morgan fingerprint density at radius 1 is 1.57 bits per heavy atom. The number of rotatable bonds is 8. The van der Waals surface area contributed by atoms with E-state index in [0.717, 1.165) is 17.9 Å². The molecule has 0 aliphatic rings. The molecule has 0 aromatic rings. The minimum atomic E-state index is -0.716. The summed E-state index contributed by atoms with van der Waals surface area (Å²) < 4.78 is 0. The Morgan fingerprint density at radius 3 is 2.71 bits per heavy atom. The van der Waals surface area contributed by atoms with Crippen molar-refractivity contribution < 1.29 is 9.90 Å². The first-order chi connectivity index (χ1) is 6.57. The molecule has 1 atom stereocenters. The number of hydrogen-bond acceptors (Lipinski definition) is 3. The maximum atomic E-state index is 10.4. The second-order valence-corrected chi connectivity index (χ2v) is 4.85. The summed E-state index contributed by atoms with van der Waals surface area (Å²) in [4.78, 5) is 12.5. The first kappa shape index (κ1) is 13.8. The van der Waals surface area contributed by atoms with Gasteiger partial charge in [-0.3, -0.25) is 4.79 Å². The summed E-state index contributed by atoms with van der Waals surface area (Å²) in [6.45, 7) is 4.95. The van der Waals surface area contributed by atoms with Crippen LogP contribution in [0, 0.1) is 0 Å². The molecule has 0 bridgehead atoms. The zero-order valence-electron chi connectivity index (χ0n) is 9.32. The highest BCUT2D eigenvalue weighted by Gasteiger charge is 2.09. The number of carboxylic acids is 1. The highest BCUT2D eigenvalue weighted by molar-refractivity contribution is 7.99. The lowest BCUT2D eigenvalue weighted by atomic mass is 10.2. The molecule has 0 aromatic carbocycles. The SMILES string of the molecule is CCSCCC(C)N(C)CCC(=O)O. The molecule has 0 saturated carbocycles. The molecule has 0 heterocycles. The van der Waals surface area contributed by atoms with Gasteiger partial charge in [0.15, 0.2) is 0 Å². The summed E-state index contributed by atoms with van der Waals surface area (Å²) in [6, 6.07) is 0.480. The van der Waals surface area contributed by atoms with Crippen molar-refractivity contribution in [3.63, 3.8) is 0 Å². The van der Waals surface area contributed by atoms with Gasteiger partial charge < -0.3 is 10.0 Å². The summed E-state index contributed by atoms with van der Waals surface area (Å²) in [5.74, 6) is 1.60. The van der Waals surface area contributed by atoms with Crippen molar-refractivity contribution in [3.05, 3.63) is 0 Å². The first-order valence-electron chi connectivity index (χ1n) is 5.07. The Labute approximate surface area is 90.9 Å². The Balaban J connectivity index is 3.53. The largest absolute Gasteiger partial charge is 0.481 e. The van der Waals surface area contributed by atoms with E-state index < -0.39 is 5.97 Å². The van der Waals surface area contributed by atoms with Crippen LogP contribution in [0.1, 0.15) is 26.7 Å². The van der Waals surface area contributed by atoms with Crippen LogP contribution >= 0.6 is 11.8 Å². The Bertz CT molecular complexity index is 164. The Hall–Kier alpha value is -0.220. The van der Waals surface area contributed by atoms with Gasteiger partial charge in [-0.1, -0.05) is 6.92 Å². The van der Waals surface area contributed by atoms with Gasteiger partial charge >= 0.3 is 5.97 Å². The molecule has 0 amide bonds. The normalized spacial score (nSPS) is 13.1. The highest BCUT2D eigenvalue weighted by Crippen LogP contribution is 2.08. The van der Waals surface area contributed by atoms with Crippen molar-refractivity contribution in [1.29, 1.82) is 0 Å². The van der Waals surface area contributed by atoms with Crippen molar-refractivity contribution in [2.75, 3.05) is 25.1 Å². The second-order valence-electron chi connectivity index (χ2n) is 3.46. The molecule has 4 heteroatoms. The van der Waals surface area contributed by atoms with Gasteiger partial charge in [-0.25, -0.2) is 0 Å². The molecule has 0 aliphatic heterocycles. The minimum Gasteiger partial charge on any atom is -0.481 e. The van der Waals surface area contributed by atoms with Gasteiger partial charge in [-0.05, 0) is 31.9 Å². The van der Waals surface area contributed by atoms with Crippen LogP contribution in [0.15, 0.2) is 0 Å². The predicted octanol–water partition coefficient (Wildman–Crippen LogP) is 1.92. The van der Waals surface area contributed by atoms with E-state index in [1.165, 1.54) is 0 Å². The van der Waals surface area contributed by atoms with Crippen LogP contribution in [-0.2, 0) is 4.79 Å². The lowest BCUT2D eigenvalue weighted by molar-refractivity contribution is -0.137. The molecular formula is C10H21NO2S. The van der Waals surface area contributed by atoms with Crippen LogP contribution in [0.2, 0.25) is 0 Å². The van der Waals surface area contributed by atoms with Gasteiger partial charge in [0.2, 0.25) is 0 Å². The molecule has 84 valence electrons. The summed E-state index contributed by atoms with van der Waals surface area (Å²) in [7, 11) is 1.99. The van der Waals surface area contributed by atoms with Crippen LogP contribution in [0.5, 0.6) is 0 Å². The van der Waals surface area contributed by atoms with Crippen LogP contribution in [0.25, 0.3) is 0 Å². The van der Waals surface area contributed by atoms with Crippen LogP contribution in [0.3, 0.4) is 0 Å². The quantitative estimate of drug-likeness (QED) is 0.633. The van der Waals surface area contributed by atoms with E-state index in [-0.39, 0.29) is 6.42 Å². The number of carboxylic acid groups (broad SMARTS) is 1. The molecule has 0 rings (SSSR count). The number of nitrogens with zero attached hydrogens (tertiary/aromatic N) is 1. The molecule has 0 aromatic heterocycles. The van der Waals surface area contributed by atoms with Gasteiger partial charge in [-0.2, -0.15) is 11.8 Å². The smallest absolute Gasteiger partial charge is 0.304 e. The third-order valence-corrected chi connectivity index (χ3v) is 3.25. The summed E-state index contributed by atoms with van der Waals surface area (Å²) in [6.07, 6.45) is 1.37. The summed E-state index contributed by atoms with van der Waals surface area (Å²) >= 11 is 1.94. The van der Waals surface area contributed by atoms with Gasteiger partial charge in [0, 0.05) is 12.6 Å². The summed E-state index contributed by atoms with van der Waals surface area (Å²) in [5, 5.41) is 8.53. The number of aliphatic carboxylic acids is 1. The van der Waals surface area contributed by atoms with Gasteiger partial charge in [0.05, 0.1) is 6.42 Å². The number of carbonyl (C=O) groups is 1. The van der Waals surface area contributed by atoms with Gasteiger partial charge in [0.25, 0.3) is 0 Å². The van der Waals surface area contributed by atoms with E-state index in [2.05, 4.69) is 18.7 Å². The lowest BCUT2D eigenvalue weighted by Crippen LogP contribution is -2.31. The molecule has 0 spiro atoms. The van der Waals surface area contributed by atoms with Crippen molar-refractivity contribution in [2.45, 2.75) is 32.7 Å². The second kappa shape index (κ2) is 8.12. The molecule has 3 nitrogen and oxygen atoms in total. The van der Waals surface area contributed by atoms with Crippen LogP contribution < -0.4 is 0 Å². The average molecular weight is 219 g/mol. The van der Waals surface area contributed by atoms with Gasteiger partial charge in [0.1, 0.15) is 0 Å².